The van der Waals surface area contributed by atoms with Crippen molar-refractivity contribution in [2.45, 2.75) is 66.1 Å². The van der Waals surface area contributed by atoms with Crippen LogP contribution in [0.2, 0.25) is 0 Å². The first kappa shape index (κ1) is 21.2. The van der Waals surface area contributed by atoms with Crippen LogP contribution in [0.3, 0.4) is 0 Å². The molecule has 1 aliphatic heterocycles. The number of nitrogens with zero attached hydrogens (tertiary/aromatic N) is 3. The van der Waals surface area contributed by atoms with Gasteiger partial charge in [0, 0.05) is 42.5 Å². The van der Waals surface area contributed by atoms with E-state index in [9.17, 15) is 9.59 Å². The molecule has 29 heavy (non-hydrogen) atoms. The van der Waals surface area contributed by atoms with Gasteiger partial charge in [-0.3, -0.25) is 9.59 Å². The number of fused-ring (bicyclic) bond motifs is 1. The van der Waals surface area contributed by atoms with Gasteiger partial charge in [0.1, 0.15) is 12.6 Å². The van der Waals surface area contributed by atoms with Gasteiger partial charge in [-0.15, -0.1) is 0 Å². The largest absolute Gasteiger partial charge is 0.472 e. The van der Waals surface area contributed by atoms with Crippen molar-refractivity contribution < 1.29 is 14.0 Å². The summed E-state index contributed by atoms with van der Waals surface area (Å²) >= 11 is 0. The van der Waals surface area contributed by atoms with Crippen molar-refractivity contribution in [1.29, 1.82) is 0 Å². The zero-order valence-corrected chi connectivity index (χ0v) is 18.4. The Kier molecular flexibility index (Phi) is 5.65. The Morgan fingerprint density at radius 1 is 1.14 bits per heavy atom. The Bertz CT molecular complexity index is 853. The SMILES string of the molecule is CC(C)(C)CC(=O)N(CC(=O)N1CCn2cccc2C1c1ccoc1)C(C)(C)C. The van der Waals surface area contributed by atoms with Gasteiger partial charge < -0.3 is 18.8 Å². The molecule has 1 unspecified atom stereocenters. The number of aromatic nitrogens is 1. The van der Waals surface area contributed by atoms with Crippen molar-refractivity contribution in [2.75, 3.05) is 13.1 Å². The lowest BCUT2D eigenvalue weighted by Crippen LogP contribution is -2.53. The van der Waals surface area contributed by atoms with Crippen molar-refractivity contribution in [3.05, 3.63) is 48.2 Å². The van der Waals surface area contributed by atoms with Gasteiger partial charge in [-0.2, -0.15) is 0 Å². The summed E-state index contributed by atoms with van der Waals surface area (Å²) in [6.07, 6.45) is 5.78. The highest BCUT2D eigenvalue weighted by Crippen LogP contribution is 2.33. The third-order valence-electron chi connectivity index (χ3n) is 5.30. The van der Waals surface area contributed by atoms with Gasteiger partial charge in [-0.25, -0.2) is 0 Å². The second kappa shape index (κ2) is 7.73. The zero-order valence-electron chi connectivity index (χ0n) is 18.4. The fourth-order valence-electron chi connectivity index (χ4n) is 3.91. The van der Waals surface area contributed by atoms with Gasteiger partial charge >= 0.3 is 0 Å². The Morgan fingerprint density at radius 2 is 1.86 bits per heavy atom. The van der Waals surface area contributed by atoms with Crippen molar-refractivity contribution in [3.63, 3.8) is 0 Å². The first-order valence-corrected chi connectivity index (χ1v) is 10.2. The van der Waals surface area contributed by atoms with Gasteiger partial charge in [0.05, 0.1) is 12.5 Å². The topological polar surface area (TPSA) is 58.7 Å². The Morgan fingerprint density at radius 3 is 2.45 bits per heavy atom. The third-order valence-corrected chi connectivity index (χ3v) is 5.30. The Hall–Kier alpha value is -2.50. The van der Waals surface area contributed by atoms with E-state index in [4.69, 9.17) is 4.42 Å². The monoisotopic (exact) mass is 399 g/mol. The molecule has 0 saturated heterocycles. The summed E-state index contributed by atoms with van der Waals surface area (Å²) in [7, 11) is 0. The van der Waals surface area contributed by atoms with E-state index in [0.29, 0.717) is 13.0 Å². The minimum absolute atomic E-state index is 0.0126. The summed E-state index contributed by atoms with van der Waals surface area (Å²) < 4.78 is 7.48. The molecular formula is C23H33N3O3. The molecule has 6 nitrogen and oxygen atoms in total. The number of carbonyl (C=O) groups excluding carboxylic acids is 2. The number of amides is 2. The maximum Gasteiger partial charge on any atom is 0.243 e. The first-order chi connectivity index (χ1) is 13.5. The lowest BCUT2D eigenvalue weighted by Gasteiger charge is -2.41. The first-order valence-electron chi connectivity index (χ1n) is 10.2. The molecule has 2 aromatic rings. The molecule has 0 radical (unpaired) electrons. The van der Waals surface area contributed by atoms with Crippen molar-refractivity contribution in [3.8, 4) is 0 Å². The van der Waals surface area contributed by atoms with Gasteiger partial charge in [0.15, 0.2) is 0 Å². The molecule has 0 fully saturated rings. The summed E-state index contributed by atoms with van der Waals surface area (Å²) in [6.45, 7) is 13.5. The van der Waals surface area contributed by atoms with Gasteiger partial charge in [-0.1, -0.05) is 20.8 Å². The standard InChI is InChI=1S/C23H33N3O3/c1-22(2,3)14-19(27)26(23(4,5)6)15-20(28)25-12-11-24-10-7-8-18(24)21(25)17-9-13-29-16-17/h7-10,13,16,21H,11-12,14-15H2,1-6H3. The van der Waals surface area contributed by atoms with Crippen LogP contribution >= 0.6 is 0 Å². The van der Waals surface area contributed by atoms with E-state index in [-0.39, 0.29) is 29.8 Å². The highest BCUT2D eigenvalue weighted by atomic mass is 16.3. The molecule has 0 saturated carbocycles. The molecule has 158 valence electrons. The molecule has 2 amide bonds. The van der Waals surface area contributed by atoms with Crippen LogP contribution in [0.25, 0.3) is 0 Å². The normalized spacial score (nSPS) is 17.2. The summed E-state index contributed by atoms with van der Waals surface area (Å²) in [5, 5.41) is 0. The van der Waals surface area contributed by atoms with Crippen LogP contribution in [0.5, 0.6) is 0 Å². The van der Waals surface area contributed by atoms with Crippen LogP contribution in [-0.4, -0.2) is 44.8 Å². The third kappa shape index (κ3) is 4.74. The molecule has 2 aromatic heterocycles. The number of furan rings is 1. The van der Waals surface area contributed by atoms with Crippen molar-refractivity contribution >= 4 is 11.8 Å². The molecule has 0 aromatic carbocycles. The molecule has 3 rings (SSSR count). The number of carbonyl (C=O) groups is 2. The van der Waals surface area contributed by atoms with E-state index in [1.165, 1.54) is 0 Å². The van der Waals surface area contributed by atoms with E-state index in [1.54, 1.807) is 17.4 Å². The molecule has 0 aliphatic carbocycles. The summed E-state index contributed by atoms with van der Waals surface area (Å²) in [5.74, 6) is -0.0283. The van der Waals surface area contributed by atoms with Crippen LogP contribution < -0.4 is 0 Å². The smallest absolute Gasteiger partial charge is 0.243 e. The predicted octanol–water partition coefficient (Wildman–Crippen LogP) is 4.08. The Labute approximate surface area is 173 Å². The maximum atomic E-state index is 13.5. The molecular weight excluding hydrogens is 366 g/mol. The van der Waals surface area contributed by atoms with Crippen molar-refractivity contribution in [1.82, 2.24) is 14.4 Å². The van der Waals surface area contributed by atoms with Crippen LogP contribution in [-0.2, 0) is 16.1 Å². The average Bonchev–Trinajstić information content (AvgIpc) is 3.26. The molecule has 0 spiro atoms. The fourth-order valence-corrected chi connectivity index (χ4v) is 3.91. The summed E-state index contributed by atoms with van der Waals surface area (Å²) in [5.41, 5.74) is 1.45. The summed E-state index contributed by atoms with van der Waals surface area (Å²) in [4.78, 5) is 30.1. The minimum atomic E-state index is -0.431. The van der Waals surface area contributed by atoms with Crippen LogP contribution in [0, 0.1) is 5.41 Å². The van der Waals surface area contributed by atoms with Gasteiger partial charge in [0.2, 0.25) is 11.8 Å². The van der Waals surface area contributed by atoms with Crippen LogP contribution in [0.4, 0.5) is 0 Å². The maximum absolute atomic E-state index is 13.5. The molecule has 0 bridgehead atoms. The lowest BCUT2D eigenvalue weighted by atomic mass is 9.90. The summed E-state index contributed by atoms with van der Waals surface area (Å²) in [6, 6.07) is 5.75. The number of hydrogen-bond acceptors (Lipinski definition) is 3. The molecule has 6 heteroatoms. The van der Waals surface area contributed by atoms with E-state index in [2.05, 4.69) is 4.57 Å². The zero-order chi connectivity index (χ0) is 21.4. The second-order valence-corrected chi connectivity index (χ2v) is 10.1. The molecule has 0 N–H and O–H groups in total. The van der Waals surface area contributed by atoms with E-state index in [0.717, 1.165) is 17.8 Å². The highest BCUT2D eigenvalue weighted by Gasteiger charge is 2.36. The van der Waals surface area contributed by atoms with E-state index in [1.807, 2.05) is 70.8 Å². The van der Waals surface area contributed by atoms with Crippen molar-refractivity contribution in [2.24, 2.45) is 5.41 Å². The lowest BCUT2D eigenvalue weighted by molar-refractivity contribution is -0.147. The van der Waals surface area contributed by atoms with Gasteiger partial charge in [-0.05, 0) is 44.4 Å². The molecule has 3 heterocycles. The highest BCUT2D eigenvalue weighted by molar-refractivity contribution is 5.86. The molecule has 1 atom stereocenters. The second-order valence-electron chi connectivity index (χ2n) is 10.1. The number of hydrogen-bond donors (Lipinski definition) is 0. The number of rotatable bonds is 4. The predicted molar refractivity (Wildman–Crippen MR) is 112 cm³/mol. The van der Waals surface area contributed by atoms with Crippen LogP contribution in [0.15, 0.2) is 41.3 Å². The van der Waals surface area contributed by atoms with Gasteiger partial charge in [0.25, 0.3) is 0 Å². The fraction of sp³-hybridized carbons (Fsp3) is 0.565. The van der Waals surface area contributed by atoms with Crippen LogP contribution in [0.1, 0.15) is 65.3 Å². The molecule has 1 aliphatic rings. The van der Waals surface area contributed by atoms with E-state index < -0.39 is 5.54 Å². The quantitative estimate of drug-likeness (QED) is 0.778. The minimum Gasteiger partial charge on any atom is -0.472 e. The Balaban J connectivity index is 1.86. The average molecular weight is 400 g/mol. The van der Waals surface area contributed by atoms with E-state index >= 15 is 0 Å².